The van der Waals surface area contributed by atoms with Crippen molar-refractivity contribution in [3.05, 3.63) is 19.8 Å². The molecule has 0 heterocycles. The summed E-state index contributed by atoms with van der Waals surface area (Å²) in [5.41, 5.74) is 0. The Bertz CT molecular complexity index is 78.1. The van der Waals surface area contributed by atoms with E-state index in [1.807, 2.05) is 0 Å². The van der Waals surface area contributed by atoms with Gasteiger partial charge in [-0.25, -0.2) is 0 Å². The fourth-order valence-electron chi connectivity index (χ4n) is 0.177. The average Bonchev–Trinajstić information content (AvgIpc) is 1.68. The standard InChI is InChI=1S/C5H7OS/c1-3-4-5(7)6-2/h3H,1-2,4H2. The highest BCUT2D eigenvalue weighted by molar-refractivity contribution is 7.80. The van der Waals surface area contributed by atoms with Crippen LogP contribution in [0.25, 0.3) is 0 Å². The summed E-state index contributed by atoms with van der Waals surface area (Å²) in [6.07, 6.45) is 2.28. The Morgan fingerprint density at radius 1 is 1.86 bits per heavy atom. The minimum Gasteiger partial charge on any atom is -0.483 e. The van der Waals surface area contributed by atoms with Crippen molar-refractivity contribution in [2.75, 3.05) is 0 Å². The first kappa shape index (κ1) is 6.63. The number of thiocarbonyl (C=S) groups is 1. The molecular formula is C5H7OS. The van der Waals surface area contributed by atoms with Crippen molar-refractivity contribution in [1.82, 2.24) is 0 Å². The van der Waals surface area contributed by atoms with E-state index in [0.29, 0.717) is 11.5 Å². The molecule has 7 heavy (non-hydrogen) atoms. The van der Waals surface area contributed by atoms with Gasteiger partial charge in [0, 0.05) is 6.42 Å². The van der Waals surface area contributed by atoms with Crippen molar-refractivity contribution in [1.29, 1.82) is 0 Å². The van der Waals surface area contributed by atoms with Crippen LogP contribution in [0.1, 0.15) is 6.42 Å². The van der Waals surface area contributed by atoms with Crippen LogP contribution in [0.2, 0.25) is 0 Å². The van der Waals surface area contributed by atoms with Gasteiger partial charge in [0.15, 0.2) is 5.05 Å². The van der Waals surface area contributed by atoms with E-state index in [9.17, 15) is 0 Å². The van der Waals surface area contributed by atoms with Gasteiger partial charge in [0.1, 0.15) is 7.11 Å². The molecule has 0 aliphatic heterocycles. The van der Waals surface area contributed by atoms with Gasteiger partial charge in [0.2, 0.25) is 0 Å². The van der Waals surface area contributed by atoms with E-state index < -0.39 is 0 Å². The number of hydrogen-bond acceptors (Lipinski definition) is 2. The van der Waals surface area contributed by atoms with Crippen LogP contribution in [0.4, 0.5) is 0 Å². The molecule has 0 saturated carbocycles. The molecule has 1 radical (unpaired) electrons. The molecular weight excluding hydrogens is 108 g/mol. The largest absolute Gasteiger partial charge is 0.483 e. The fourth-order valence-corrected chi connectivity index (χ4v) is 0.295. The quantitative estimate of drug-likeness (QED) is 0.400. The predicted octanol–water partition coefficient (Wildman–Crippen LogP) is 1.70. The Hall–Kier alpha value is -0.370. The third kappa shape index (κ3) is 3.46. The second-order valence-corrected chi connectivity index (χ2v) is 1.46. The van der Waals surface area contributed by atoms with E-state index in [4.69, 9.17) is 0 Å². The predicted molar refractivity (Wildman–Crippen MR) is 33.9 cm³/mol. The summed E-state index contributed by atoms with van der Waals surface area (Å²) in [5.74, 6) is 0. The average molecular weight is 115 g/mol. The molecule has 0 unspecified atom stereocenters. The maximum atomic E-state index is 4.60. The molecule has 39 valence electrons. The second kappa shape index (κ2) is 3.81. The maximum Gasteiger partial charge on any atom is 0.163 e. The number of hydrogen-bond donors (Lipinski definition) is 0. The van der Waals surface area contributed by atoms with Crippen molar-refractivity contribution in [2.45, 2.75) is 6.42 Å². The highest BCUT2D eigenvalue weighted by Gasteiger charge is 1.84. The monoisotopic (exact) mass is 115 g/mol. The molecule has 0 fully saturated rings. The first-order valence-corrected chi connectivity index (χ1v) is 2.28. The summed E-state index contributed by atoms with van der Waals surface area (Å²) in [6, 6.07) is 0. The van der Waals surface area contributed by atoms with Crippen LogP contribution in [-0.4, -0.2) is 5.05 Å². The second-order valence-electron chi connectivity index (χ2n) is 1.01. The molecule has 1 nitrogen and oxygen atoms in total. The third-order valence-electron chi connectivity index (χ3n) is 0.472. The maximum absolute atomic E-state index is 4.60. The van der Waals surface area contributed by atoms with Gasteiger partial charge in [0.05, 0.1) is 0 Å². The molecule has 0 amide bonds. The van der Waals surface area contributed by atoms with Crippen molar-refractivity contribution in [3.63, 3.8) is 0 Å². The van der Waals surface area contributed by atoms with Gasteiger partial charge in [-0.05, 0) is 12.2 Å². The Morgan fingerprint density at radius 3 is 2.57 bits per heavy atom. The highest BCUT2D eigenvalue weighted by atomic mass is 32.1. The van der Waals surface area contributed by atoms with Gasteiger partial charge in [-0.1, -0.05) is 6.08 Å². The van der Waals surface area contributed by atoms with Gasteiger partial charge in [-0.3, -0.25) is 0 Å². The number of ether oxygens (including phenoxy) is 1. The Labute approximate surface area is 49.0 Å². The first-order chi connectivity index (χ1) is 3.31. The number of rotatable bonds is 2. The van der Waals surface area contributed by atoms with Crippen LogP contribution in [0.15, 0.2) is 12.7 Å². The molecule has 0 spiro atoms. The summed E-state index contributed by atoms with van der Waals surface area (Å²) in [7, 11) is 3.12. The zero-order chi connectivity index (χ0) is 5.70. The highest BCUT2D eigenvalue weighted by Crippen LogP contribution is 1.86. The zero-order valence-electron chi connectivity index (χ0n) is 4.02. The molecule has 0 bridgehead atoms. The Kier molecular flexibility index (Phi) is 3.61. The Morgan fingerprint density at radius 2 is 2.43 bits per heavy atom. The molecule has 0 aromatic carbocycles. The molecule has 0 aliphatic rings. The molecule has 0 rings (SSSR count). The lowest BCUT2D eigenvalue weighted by Crippen LogP contribution is -1.90. The molecule has 0 atom stereocenters. The van der Waals surface area contributed by atoms with E-state index >= 15 is 0 Å². The summed E-state index contributed by atoms with van der Waals surface area (Å²) in [6.45, 7) is 3.45. The molecule has 0 saturated heterocycles. The van der Waals surface area contributed by atoms with Crippen LogP contribution < -0.4 is 0 Å². The Balaban J connectivity index is 3.17. The SMILES string of the molecule is [CH2]OC(=S)CC=C. The lowest BCUT2D eigenvalue weighted by atomic mass is 10.5. The van der Waals surface area contributed by atoms with Crippen molar-refractivity contribution >= 4 is 17.3 Å². The fraction of sp³-hybridized carbons (Fsp3) is 0.200. The summed E-state index contributed by atoms with van der Waals surface area (Å²) >= 11 is 4.60. The van der Waals surface area contributed by atoms with Gasteiger partial charge < -0.3 is 4.74 Å². The summed E-state index contributed by atoms with van der Waals surface area (Å²) < 4.78 is 4.40. The molecule has 0 aromatic rings. The van der Waals surface area contributed by atoms with E-state index in [-0.39, 0.29) is 0 Å². The minimum absolute atomic E-state index is 0.481. The van der Waals surface area contributed by atoms with E-state index in [1.54, 1.807) is 6.08 Å². The van der Waals surface area contributed by atoms with Crippen molar-refractivity contribution < 1.29 is 4.74 Å². The molecule has 0 N–H and O–H groups in total. The smallest absolute Gasteiger partial charge is 0.163 e. The lowest BCUT2D eigenvalue weighted by molar-refractivity contribution is 0.467. The van der Waals surface area contributed by atoms with Crippen LogP contribution in [-0.2, 0) is 4.74 Å². The van der Waals surface area contributed by atoms with E-state index in [0.717, 1.165) is 0 Å². The normalized spacial score (nSPS) is 7.57. The summed E-state index contributed by atoms with van der Waals surface area (Å²) in [4.78, 5) is 0. The lowest BCUT2D eigenvalue weighted by Gasteiger charge is -1.92. The minimum atomic E-state index is 0.481. The van der Waals surface area contributed by atoms with Crippen LogP contribution in [0.5, 0.6) is 0 Å². The van der Waals surface area contributed by atoms with Gasteiger partial charge >= 0.3 is 0 Å². The van der Waals surface area contributed by atoms with Gasteiger partial charge in [-0.2, -0.15) is 0 Å². The van der Waals surface area contributed by atoms with E-state index in [1.165, 1.54) is 0 Å². The van der Waals surface area contributed by atoms with Gasteiger partial charge in [-0.15, -0.1) is 6.58 Å². The molecule has 0 aliphatic carbocycles. The van der Waals surface area contributed by atoms with Gasteiger partial charge in [0.25, 0.3) is 0 Å². The van der Waals surface area contributed by atoms with Crippen LogP contribution in [0.3, 0.4) is 0 Å². The summed E-state index contributed by atoms with van der Waals surface area (Å²) in [5, 5.41) is 0.481. The van der Waals surface area contributed by atoms with Crippen molar-refractivity contribution in [3.8, 4) is 0 Å². The molecule has 2 heteroatoms. The first-order valence-electron chi connectivity index (χ1n) is 1.87. The topological polar surface area (TPSA) is 9.23 Å². The zero-order valence-corrected chi connectivity index (χ0v) is 4.83. The third-order valence-corrected chi connectivity index (χ3v) is 0.757. The van der Waals surface area contributed by atoms with Crippen LogP contribution >= 0.6 is 12.2 Å². The van der Waals surface area contributed by atoms with Crippen molar-refractivity contribution in [2.24, 2.45) is 0 Å². The molecule has 0 aromatic heterocycles. The van der Waals surface area contributed by atoms with E-state index in [2.05, 4.69) is 30.6 Å². The van der Waals surface area contributed by atoms with Crippen LogP contribution in [0, 0.1) is 7.11 Å².